The van der Waals surface area contributed by atoms with Gasteiger partial charge in [0.1, 0.15) is 11.9 Å². The third-order valence-corrected chi connectivity index (χ3v) is 2.78. The Kier molecular flexibility index (Phi) is 3.51. The molecular weight excluding hydrogens is 214 g/mol. The number of carbonyl (C=O) groups is 1. The van der Waals surface area contributed by atoms with Crippen molar-refractivity contribution in [2.45, 2.75) is 19.3 Å². The number of carbonyl (C=O) groups excluding carboxylic acids is 1. The molecule has 17 heavy (non-hydrogen) atoms. The Hall–Kier alpha value is -2.15. The van der Waals surface area contributed by atoms with Crippen LogP contribution in [0.3, 0.4) is 0 Å². The summed E-state index contributed by atoms with van der Waals surface area (Å²) in [6.45, 7) is 0. The summed E-state index contributed by atoms with van der Waals surface area (Å²) in [4.78, 5) is 15.9. The lowest BCUT2D eigenvalue weighted by Gasteiger charge is -2.16. The zero-order chi connectivity index (χ0) is 12.1. The first-order chi connectivity index (χ1) is 8.29. The summed E-state index contributed by atoms with van der Waals surface area (Å²) in [6.07, 6.45) is 8.24. The fourth-order valence-corrected chi connectivity index (χ4v) is 1.79. The van der Waals surface area contributed by atoms with Gasteiger partial charge in [0.05, 0.1) is 5.56 Å². The molecule has 4 nitrogen and oxygen atoms in total. The van der Waals surface area contributed by atoms with Crippen LogP contribution in [0.15, 0.2) is 30.5 Å². The monoisotopic (exact) mass is 227 g/mol. The van der Waals surface area contributed by atoms with Gasteiger partial charge in [0.2, 0.25) is 5.91 Å². The Bertz CT molecular complexity index is 470. The molecule has 0 aliphatic heterocycles. The molecule has 0 fully saturated rings. The lowest BCUT2D eigenvalue weighted by Crippen LogP contribution is -2.23. The third kappa shape index (κ3) is 2.91. The quantitative estimate of drug-likeness (QED) is 0.788. The first kappa shape index (κ1) is 11.3. The van der Waals surface area contributed by atoms with Crippen molar-refractivity contribution in [1.29, 1.82) is 5.26 Å². The minimum Gasteiger partial charge on any atom is -0.310 e. The van der Waals surface area contributed by atoms with E-state index in [2.05, 4.69) is 16.4 Å². The highest BCUT2D eigenvalue weighted by Crippen LogP contribution is 2.19. The van der Waals surface area contributed by atoms with Crippen LogP contribution in [0.5, 0.6) is 0 Å². The van der Waals surface area contributed by atoms with E-state index in [1.165, 1.54) is 6.20 Å². The van der Waals surface area contributed by atoms with E-state index in [9.17, 15) is 4.79 Å². The Labute approximate surface area is 100.0 Å². The van der Waals surface area contributed by atoms with Gasteiger partial charge in [-0.3, -0.25) is 4.79 Å². The van der Waals surface area contributed by atoms with Crippen LogP contribution in [0, 0.1) is 17.2 Å². The van der Waals surface area contributed by atoms with E-state index in [0.717, 1.165) is 19.3 Å². The minimum atomic E-state index is 0.00607. The van der Waals surface area contributed by atoms with Crippen LogP contribution in [0.4, 0.5) is 5.82 Å². The van der Waals surface area contributed by atoms with Crippen molar-refractivity contribution >= 4 is 11.7 Å². The van der Waals surface area contributed by atoms with Gasteiger partial charge in [0.25, 0.3) is 0 Å². The third-order valence-electron chi connectivity index (χ3n) is 2.78. The van der Waals surface area contributed by atoms with E-state index in [1.54, 1.807) is 12.1 Å². The highest BCUT2D eigenvalue weighted by Gasteiger charge is 2.18. The van der Waals surface area contributed by atoms with Gasteiger partial charge in [-0.05, 0) is 31.4 Å². The maximum Gasteiger partial charge on any atom is 0.228 e. The summed E-state index contributed by atoms with van der Waals surface area (Å²) in [5, 5.41) is 11.4. The summed E-state index contributed by atoms with van der Waals surface area (Å²) in [7, 11) is 0. The predicted molar refractivity (Wildman–Crippen MR) is 64.1 cm³/mol. The van der Waals surface area contributed by atoms with Gasteiger partial charge in [-0.15, -0.1) is 0 Å². The molecule has 1 aliphatic rings. The highest BCUT2D eigenvalue weighted by molar-refractivity contribution is 5.91. The molecule has 1 unspecified atom stereocenters. The largest absolute Gasteiger partial charge is 0.310 e. The summed E-state index contributed by atoms with van der Waals surface area (Å²) < 4.78 is 0. The first-order valence-corrected chi connectivity index (χ1v) is 5.61. The van der Waals surface area contributed by atoms with E-state index in [0.29, 0.717) is 11.4 Å². The van der Waals surface area contributed by atoms with E-state index in [4.69, 9.17) is 5.26 Å². The molecule has 0 aromatic carbocycles. The molecule has 1 atom stereocenters. The molecule has 1 aromatic heterocycles. The van der Waals surface area contributed by atoms with Crippen molar-refractivity contribution in [2.75, 3.05) is 5.32 Å². The minimum absolute atomic E-state index is 0.00607. The smallest absolute Gasteiger partial charge is 0.228 e. The number of hydrogen-bond donors (Lipinski definition) is 1. The normalized spacial score (nSPS) is 18.4. The number of pyridine rings is 1. The second-order valence-electron chi connectivity index (χ2n) is 4.01. The second kappa shape index (κ2) is 5.26. The van der Waals surface area contributed by atoms with Crippen LogP contribution in [-0.4, -0.2) is 10.9 Å². The Balaban J connectivity index is 1.98. The number of amides is 1. The number of nitriles is 1. The number of nitrogens with zero attached hydrogens (tertiary/aromatic N) is 2. The van der Waals surface area contributed by atoms with Crippen LogP contribution in [0.2, 0.25) is 0 Å². The zero-order valence-corrected chi connectivity index (χ0v) is 9.39. The van der Waals surface area contributed by atoms with Crippen molar-refractivity contribution in [2.24, 2.45) is 5.92 Å². The summed E-state index contributed by atoms with van der Waals surface area (Å²) in [6, 6.07) is 5.28. The lowest BCUT2D eigenvalue weighted by atomic mass is 9.94. The van der Waals surface area contributed by atoms with Gasteiger partial charge in [0.15, 0.2) is 0 Å². The highest BCUT2D eigenvalue weighted by atomic mass is 16.1. The van der Waals surface area contributed by atoms with Crippen molar-refractivity contribution in [3.05, 3.63) is 36.0 Å². The number of rotatable bonds is 2. The number of aromatic nitrogens is 1. The van der Waals surface area contributed by atoms with E-state index < -0.39 is 0 Å². The molecule has 2 rings (SSSR count). The van der Waals surface area contributed by atoms with E-state index >= 15 is 0 Å². The van der Waals surface area contributed by atoms with Crippen molar-refractivity contribution in [3.8, 4) is 6.07 Å². The van der Waals surface area contributed by atoms with Crippen molar-refractivity contribution < 1.29 is 4.79 Å². The van der Waals surface area contributed by atoms with E-state index in [1.807, 2.05) is 12.1 Å². The molecule has 0 spiro atoms. The molecule has 1 aliphatic carbocycles. The van der Waals surface area contributed by atoms with Crippen LogP contribution < -0.4 is 5.32 Å². The SMILES string of the molecule is N#Cc1ccc(NC(=O)C2CC=CCC2)nc1. The summed E-state index contributed by atoms with van der Waals surface area (Å²) >= 11 is 0. The fraction of sp³-hybridized carbons (Fsp3) is 0.308. The molecule has 1 amide bonds. The van der Waals surface area contributed by atoms with Gasteiger partial charge in [0, 0.05) is 12.1 Å². The van der Waals surface area contributed by atoms with Crippen LogP contribution >= 0.6 is 0 Å². The molecule has 1 N–H and O–H groups in total. The van der Waals surface area contributed by atoms with Crippen molar-refractivity contribution in [1.82, 2.24) is 4.98 Å². The van der Waals surface area contributed by atoms with Crippen molar-refractivity contribution in [3.63, 3.8) is 0 Å². The molecule has 0 saturated heterocycles. The van der Waals surface area contributed by atoms with Gasteiger partial charge < -0.3 is 5.32 Å². The topological polar surface area (TPSA) is 65.8 Å². The Morgan fingerprint density at radius 3 is 2.94 bits per heavy atom. The van der Waals surface area contributed by atoms with E-state index in [-0.39, 0.29) is 11.8 Å². The molecule has 0 saturated carbocycles. The Morgan fingerprint density at radius 2 is 2.35 bits per heavy atom. The lowest BCUT2D eigenvalue weighted by molar-refractivity contribution is -0.120. The average Bonchev–Trinajstić information content (AvgIpc) is 2.40. The van der Waals surface area contributed by atoms with Crippen LogP contribution in [0.25, 0.3) is 0 Å². The fourth-order valence-electron chi connectivity index (χ4n) is 1.79. The predicted octanol–water partition coefficient (Wildman–Crippen LogP) is 2.25. The molecule has 1 heterocycles. The van der Waals surface area contributed by atoms with Crippen LogP contribution in [-0.2, 0) is 4.79 Å². The number of allylic oxidation sites excluding steroid dienone is 2. The maximum absolute atomic E-state index is 11.9. The number of nitrogens with one attached hydrogen (secondary N) is 1. The molecule has 0 radical (unpaired) electrons. The summed E-state index contributed by atoms with van der Waals surface area (Å²) in [5.74, 6) is 0.549. The molecular formula is C13H13N3O. The molecule has 4 heteroatoms. The van der Waals surface area contributed by atoms with Crippen LogP contribution in [0.1, 0.15) is 24.8 Å². The average molecular weight is 227 g/mol. The zero-order valence-electron chi connectivity index (χ0n) is 9.39. The number of hydrogen-bond acceptors (Lipinski definition) is 3. The molecule has 0 bridgehead atoms. The van der Waals surface area contributed by atoms with Gasteiger partial charge in [-0.2, -0.15) is 5.26 Å². The maximum atomic E-state index is 11.9. The molecule has 1 aromatic rings. The van der Waals surface area contributed by atoms with Gasteiger partial charge in [-0.1, -0.05) is 12.2 Å². The molecule has 86 valence electrons. The Morgan fingerprint density at radius 1 is 1.47 bits per heavy atom. The van der Waals surface area contributed by atoms with Gasteiger partial charge in [-0.25, -0.2) is 4.98 Å². The number of anilines is 1. The van der Waals surface area contributed by atoms with Gasteiger partial charge >= 0.3 is 0 Å². The summed E-state index contributed by atoms with van der Waals surface area (Å²) in [5.41, 5.74) is 0.489. The standard InChI is InChI=1S/C13H13N3O/c14-8-10-6-7-12(15-9-10)16-13(17)11-4-2-1-3-5-11/h1-2,6-7,9,11H,3-5H2,(H,15,16,17). The second-order valence-corrected chi connectivity index (χ2v) is 4.01. The first-order valence-electron chi connectivity index (χ1n) is 5.61.